The molecule has 0 aliphatic carbocycles. The highest BCUT2D eigenvalue weighted by Crippen LogP contribution is 2.46. The quantitative estimate of drug-likeness (QED) is 0.471. The van der Waals surface area contributed by atoms with Crippen molar-refractivity contribution in [3.63, 3.8) is 0 Å². The number of hydrogen-bond acceptors (Lipinski definition) is 11. The van der Waals surface area contributed by atoms with Crippen molar-refractivity contribution in [2.45, 2.75) is 49.3 Å². The van der Waals surface area contributed by atoms with E-state index in [-0.39, 0.29) is 18.5 Å². The van der Waals surface area contributed by atoms with Crippen LogP contribution in [0.3, 0.4) is 0 Å². The number of thioether (sulfide) groups is 1. The number of hydrogen-bond donors (Lipinski definition) is 4. The molecule has 1 saturated heterocycles. The Labute approximate surface area is 160 Å². The van der Waals surface area contributed by atoms with Gasteiger partial charge in [-0.3, -0.25) is 9.69 Å². The van der Waals surface area contributed by atoms with Crippen molar-refractivity contribution in [2.24, 2.45) is 11.7 Å². The third kappa shape index (κ3) is 3.73. The average Bonchev–Trinajstić information content (AvgIpc) is 3.08. The summed E-state index contributed by atoms with van der Waals surface area (Å²) < 4.78 is 10.9. The lowest BCUT2D eigenvalue weighted by Gasteiger charge is -2.27. The van der Waals surface area contributed by atoms with E-state index in [4.69, 9.17) is 20.9 Å². The van der Waals surface area contributed by atoms with Gasteiger partial charge in [0, 0.05) is 6.20 Å². The average molecular weight is 397 g/mol. The fourth-order valence-corrected chi connectivity index (χ4v) is 3.67. The Hall–Kier alpha value is -1.92. The first-order valence-electron chi connectivity index (χ1n) is 8.43. The fraction of sp³-hybridized carbons (Fsp3) is 0.562. The van der Waals surface area contributed by atoms with E-state index in [1.54, 1.807) is 24.9 Å². The minimum absolute atomic E-state index is 0.0650. The standard InChI is InChI=1S/C16H23N5O5S/c1-6(2)10(17)15(24)25-5-8-11(22)12(23)14(26-8)21-7(3)27-9-4-19-16(18)20-13(9)21/h4,6,8,10-12,14,22-23H,3,5,17H2,1-2H3,(H2,18,19,20)/t8-,10+,11-,12-,14-/m1/s1. The normalized spacial score (nSPS) is 28.5. The second-order valence-corrected chi connectivity index (χ2v) is 7.84. The molecule has 5 atom stereocenters. The Morgan fingerprint density at radius 2 is 2.19 bits per heavy atom. The number of fused-ring (bicyclic) bond motifs is 1. The second-order valence-electron chi connectivity index (χ2n) is 6.73. The molecule has 0 unspecified atom stereocenters. The van der Waals surface area contributed by atoms with E-state index < -0.39 is 36.6 Å². The number of carbonyl (C=O) groups is 1. The summed E-state index contributed by atoms with van der Waals surface area (Å²) in [5, 5.41) is 21.3. The summed E-state index contributed by atoms with van der Waals surface area (Å²) in [6, 6.07) is -0.773. The van der Waals surface area contributed by atoms with Crippen molar-refractivity contribution in [1.29, 1.82) is 0 Å². The van der Waals surface area contributed by atoms with Crippen LogP contribution in [0.4, 0.5) is 11.8 Å². The minimum atomic E-state index is -1.27. The molecule has 3 rings (SSSR count). The molecule has 0 aromatic carbocycles. The van der Waals surface area contributed by atoms with Gasteiger partial charge in [0.1, 0.15) is 31.0 Å². The molecule has 3 heterocycles. The van der Waals surface area contributed by atoms with Crippen LogP contribution in [0, 0.1) is 5.92 Å². The molecule has 148 valence electrons. The molecule has 0 spiro atoms. The first kappa shape index (κ1) is 19.8. The van der Waals surface area contributed by atoms with E-state index in [9.17, 15) is 15.0 Å². The van der Waals surface area contributed by atoms with Crippen LogP contribution >= 0.6 is 11.8 Å². The van der Waals surface area contributed by atoms with E-state index >= 15 is 0 Å². The molecule has 0 amide bonds. The highest BCUT2D eigenvalue weighted by molar-refractivity contribution is 8.03. The Bertz CT molecular complexity index is 748. The van der Waals surface area contributed by atoms with Gasteiger partial charge in [0.15, 0.2) is 12.0 Å². The number of aliphatic hydroxyl groups is 2. The SMILES string of the molecule is C=C1Sc2cnc(N)nc2N1[C@@H]1O[C@H](COC(=O)[C@@H](N)C(C)C)[C@@H](O)[C@H]1O. The van der Waals surface area contributed by atoms with Gasteiger partial charge in [0.2, 0.25) is 5.95 Å². The lowest BCUT2D eigenvalue weighted by atomic mass is 10.1. The second kappa shape index (κ2) is 7.60. The third-order valence-electron chi connectivity index (χ3n) is 4.45. The summed E-state index contributed by atoms with van der Waals surface area (Å²) in [6.45, 7) is 7.30. The Morgan fingerprint density at radius 1 is 1.48 bits per heavy atom. The largest absolute Gasteiger partial charge is 0.462 e. The molecule has 10 nitrogen and oxygen atoms in total. The Balaban J connectivity index is 1.71. The summed E-state index contributed by atoms with van der Waals surface area (Å²) >= 11 is 1.30. The van der Waals surface area contributed by atoms with Crippen molar-refractivity contribution >= 4 is 29.5 Å². The first-order chi connectivity index (χ1) is 12.7. The van der Waals surface area contributed by atoms with Crippen LogP contribution in [0.5, 0.6) is 0 Å². The van der Waals surface area contributed by atoms with E-state index in [0.717, 1.165) is 0 Å². The van der Waals surface area contributed by atoms with E-state index in [1.165, 1.54) is 11.8 Å². The maximum absolute atomic E-state index is 11.9. The highest BCUT2D eigenvalue weighted by Gasteiger charge is 2.49. The molecule has 1 aromatic heterocycles. The van der Waals surface area contributed by atoms with E-state index in [1.807, 2.05) is 0 Å². The summed E-state index contributed by atoms with van der Waals surface area (Å²) in [7, 11) is 0. The summed E-state index contributed by atoms with van der Waals surface area (Å²) in [5.41, 5.74) is 11.4. The Kier molecular flexibility index (Phi) is 5.58. The van der Waals surface area contributed by atoms with Gasteiger partial charge < -0.3 is 31.2 Å². The van der Waals surface area contributed by atoms with Crippen LogP contribution in [-0.4, -0.2) is 63.3 Å². The Morgan fingerprint density at radius 3 is 2.85 bits per heavy atom. The van der Waals surface area contributed by atoms with Crippen LogP contribution in [0.15, 0.2) is 22.7 Å². The third-order valence-corrected chi connectivity index (χ3v) is 5.39. The number of nitrogens with zero attached hydrogens (tertiary/aromatic N) is 3. The summed E-state index contributed by atoms with van der Waals surface area (Å²) in [4.78, 5) is 22.3. The number of carbonyl (C=O) groups excluding carboxylic acids is 1. The number of ether oxygens (including phenoxy) is 2. The topological polar surface area (TPSA) is 157 Å². The number of nitrogens with two attached hydrogens (primary N) is 2. The fourth-order valence-electron chi connectivity index (χ4n) is 2.79. The zero-order valence-electron chi connectivity index (χ0n) is 15.0. The van der Waals surface area contributed by atoms with Crippen molar-refractivity contribution in [1.82, 2.24) is 9.97 Å². The van der Waals surface area contributed by atoms with Crippen LogP contribution in [-0.2, 0) is 14.3 Å². The number of aliphatic hydroxyl groups excluding tert-OH is 2. The van der Waals surface area contributed by atoms with Crippen LogP contribution < -0.4 is 16.4 Å². The van der Waals surface area contributed by atoms with Crippen LogP contribution in [0.1, 0.15) is 13.8 Å². The van der Waals surface area contributed by atoms with Crippen molar-refractivity contribution in [3.05, 3.63) is 17.8 Å². The number of rotatable bonds is 5. The van der Waals surface area contributed by atoms with Crippen LogP contribution in [0.2, 0.25) is 0 Å². The molecule has 0 bridgehead atoms. The van der Waals surface area contributed by atoms with Gasteiger partial charge in [-0.1, -0.05) is 32.2 Å². The van der Waals surface area contributed by atoms with Crippen LogP contribution in [0.25, 0.3) is 0 Å². The monoisotopic (exact) mass is 397 g/mol. The number of anilines is 2. The molecule has 1 aromatic rings. The molecular formula is C16H23N5O5S. The van der Waals surface area contributed by atoms with Gasteiger partial charge >= 0.3 is 5.97 Å². The smallest absolute Gasteiger partial charge is 0.323 e. The first-order valence-corrected chi connectivity index (χ1v) is 9.24. The number of nitrogen functional groups attached to an aromatic ring is 1. The molecule has 2 aliphatic rings. The molecule has 6 N–H and O–H groups in total. The summed E-state index contributed by atoms with van der Waals surface area (Å²) in [6.07, 6.45) is -2.86. The number of aromatic nitrogens is 2. The predicted octanol–water partition coefficient (Wildman–Crippen LogP) is -0.585. The van der Waals surface area contributed by atoms with Gasteiger partial charge in [0.05, 0.1) is 9.92 Å². The lowest BCUT2D eigenvalue weighted by molar-refractivity contribution is -0.151. The van der Waals surface area contributed by atoms with Gasteiger partial charge in [-0.15, -0.1) is 0 Å². The van der Waals surface area contributed by atoms with Gasteiger partial charge in [-0.25, -0.2) is 4.98 Å². The molecule has 1 fully saturated rings. The number of esters is 1. The summed E-state index contributed by atoms with van der Waals surface area (Å²) in [5.74, 6) is -0.175. The van der Waals surface area contributed by atoms with Crippen molar-refractivity contribution in [3.8, 4) is 0 Å². The molecule has 27 heavy (non-hydrogen) atoms. The molecular weight excluding hydrogens is 374 g/mol. The molecule has 0 radical (unpaired) electrons. The predicted molar refractivity (Wildman–Crippen MR) is 98.4 cm³/mol. The van der Waals surface area contributed by atoms with E-state index in [2.05, 4.69) is 16.5 Å². The van der Waals surface area contributed by atoms with Gasteiger partial charge in [-0.05, 0) is 5.92 Å². The lowest BCUT2D eigenvalue weighted by Crippen LogP contribution is -2.42. The highest BCUT2D eigenvalue weighted by atomic mass is 32.2. The van der Waals surface area contributed by atoms with Gasteiger partial charge in [-0.2, -0.15) is 4.98 Å². The minimum Gasteiger partial charge on any atom is -0.462 e. The maximum atomic E-state index is 11.9. The van der Waals surface area contributed by atoms with E-state index in [0.29, 0.717) is 15.7 Å². The zero-order valence-corrected chi connectivity index (χ0v) is 15.8. The van der Waals surface area contributed by atoms with Crippen molar-refractivity contribution in [2.75, 3.05) is 17.2 Å². The maximum Gasteiger partial charge on any atom is 0.323 e. The zero-order chi connectivity index (χ0) is 19.9. The van der Waals surface area contributed by atoms with Gasteiger partial charge in [0.25, 0.3) is 0 Å². The molecule has 0 saturated carbocycles. The molecule has 2 aliphatic heterocycles. The molecule has 11 heteroatoms. The van der Waals surface area contributed by atoms with Crippen molar-refractivity contribution < 1.29 is 24.5 Å².